The number of benzene rings is 1. The molecule has 0 bridgehead atoms. The van der Waals surface area contributed by atoms with E-state index in [1.54, 1.807) is 11.8 Å². The molecule has 24 heavy (non-hydrogen) atoms. The van der Waals surface area contributed by atoms with E-state index in [0.29, 0.717) is 24.8 Å². The number of likely N-dealkylation sites (tertiary alicyclic amines) is 1. The van der Waals surface area contributed by atoms with Crippen molar-refractivity contribution in [2.75, 3.05) is 24.5 Å². The molecule has 0 radical (unpaired) electrons. The van der Waals surface area contributed by atoms with E-state index in [9.17, 15) is 9.59 Å². The van der Waals surface area contributed by atoms with Crippen molar-refractivity contribution in [3.63, 3.8) is 0 Å². The number of nitrogens with zero attached hydrogens (tertiary/aromatic N) is 2. The Kier molecular flexibility index (Phi) is 6.41. The standard InChI is InChI=1S/C20H30N2O2/c1-15(2)18-5-7-19(8-6-18)22(17(4)23)14-11-20(24)21-12-9-16(3)10-13-21/h5-8,15-16H,9-14H2,1-4H3. The van der Waals surface area contributed by atoms with Crippen LogP contribution in [0.25, 0.3) is 0 Å². The Balaban J connectivity index is 1.96. The third-order valence-corrected chi connectivity index (χ3v) is 4.94. The Morgan fingerprint density at radius 2 is 1.75 bits per heavy atom. The molecule has 0 saturated carbocycles. The second-order valence-corrected chi connectivity index (χ2v) is 7.23. The Morgan fingerprint density at radius 3 is 2.25 bits per heavy atom. The summed E-state index contributed by atoms with van der Waals surface area (Å²) >= 11 is 0. The number of rotatable bonds is 5. The first kappa shape index (κ1) is 18.5. The second kappa shape index (κ2) is 8.32. The van der Waals surface area contributed by atoms with E-state index in [4.69, 9.17) is 0 Å². The summed E-state index contributed by atoms with van der Waals surface area (Å²) in [7, 11) is 0. The van der Waals surface area contributed by atoms with Crippen LogP contribution in [-0.4, -0.2) is 36.3 Å². The van der Waals surface area contributed by atoms with Gasteiger partial charge in [0.1, 0.15) is 0 Å². The van der Waals surface area contributed by atoms with Crippen LogP contribution in [0.15, 0.2) is 24.3 Å². The van der Waals surface area contributed by atoms with E-state index in [1.165, 1.54) is 5.56 Å². The molecule has 0 N–H and O–H groups in total. The first-order chi connectivity index (χ1) is 11.4. The molecule has 1 aromatic carbocycles. The lowest BCUT2D eigenvalue weighted by molar-refractivity contribution is -0.132. The molecule has 0 aromatic heterocycles. The van der Waals surface area contributed by atoms with Crippen molar-refractivity contribution in [3.05, 3.63) is 29.8 Å². The largest absolute Gasteiger partial charge is 0.343 e. The molecule has 1 fully saturated rings. The molecule has 1 saturated heterocycles. The molecule has 4 nitrogen and oxygen atoms in total. The quantitative estimate of drug-likeness (QED) is 0.823. The minimum absolute atomic E-state index is 0.0210. The van der Waals surface area contributed by atoms with Crippen LogP contribution >= 0.6 is 0 Å². The van der Waals surface area contributed by atoms with Crippen molar-refractivity contribution >= 4 is 17.5 Å². The molecule has 0 spiro atoms. The molecule has 0 aliphatic carbocycles. The third-order valence-electron chi connectivity index (χ3n) is 4.94. The molecule has 2 rings (SSSR count). The maximum atomic E-state index is 12.4. The Labute approximate surface area is 145 Å². The van der Waals surface area contributed by atoms with Crippen LogP contribution < -0.4 is 4.90 Å². The first-order valence-corrected chi connectivity index (χ1v) is 9.04. The van der Waals surface area contributed by atoms with Crippen molar-refractivity contribution in [2.24, 2.45) is 5.92 Å². The van der Waals surface area contributed by atoms with Gasteiger partial charge >= 0.3 is 0 Å². The summed E-state index contributed by atoms with van der Waals surface area (Å²) in [6.07, 6.45) is 2.55. The zero-order valence-electron chi connectivity index (χ0n) is 15.4. The summed E-state index contributed by atoms with van der Waals surface area (Å²) < 4.78 is 0. The van der Waals surface area contributed by atoms with Gasteiger partial charge in [0, 0.05) is 38.7 Å². The molecule has 0 unspecified atom stereocenters. The Bertz CT molecular complexity index is 558. The Morgan fingerprint density at radius 1 is 1.17 bits per heavy atom. The molecule has 1 heterocycles. The normalized spacial score (nSPS) is 15.6. The van der Waals surface area contributed by atoms with Gasteiger partial charge in [-0.2, -0.15) is 0 Å². The summed E-state index contributed by atoms with van der Waals surface area (Å²) in [5.41, 5.74) is 2.12. The van der Waals surface area contributed by atoms with Gasteiger partial charge < -0.3 is 9.80 Å². The van der Waals surface area contributed by atoms with E-state index in [-0.39, 0.29) is 11.8 Å². The zero-order chi connectivity index (χ0) is 17.7. The van der Waals surface area contributed by atoms with Crippen LogP contribution in [0.3, 0.4) is 0 Å². The number of amides is 2. The summed E-state index contributed by atoms with van der Waals surface area (Å²) in [5, 5.41) is 0. The van der Waals surface area contributed by atoms with Crippen LogP contribution in [0.1, 0.15) is 58.4 Å². The van der Waals surface area contributed by atoms with E-state index >= 15 is 0 Å². The van der Waals surface area contributed by atoms with E-state index in [1.807, 2.05) is 17.0 Å². The monoisotopic (exact) mass is 330 g/mol. The highest BCUT2D eigenvalue weighted by Gasteiger charge is 2.21. The van der Waals surface area contributed by atoms with Gasteiger partial charge in [0.05, 0.1) is 0 Å². The summed E-state index contributed by atoms with van der Waals surface area (Å²) in [6, 6.07) is 8.07. The van der Waals surface area contributed by atoms with Crippen LogP contribution in [0, 0.1) is 5.92 Å². The average molecular weight is 330 g/mol. The zero-order valence-corrected chi connectivity index (χ0v) is 15.4. The number of carbonyl (C=O) groups is 2. The average Bonchev–Trinajstić information content (AvgIpc) is 2.55. The van der Waals surface area contributed by atoms with Crippen LogP contribution in [0.2, 0.25) is 0 Å². The number of carbonyl (C=O) groups excluding carboxylic acids is 2. The highest BCUT2D eigenvalue weighted by molar-refractivity contribution is 5.92. The second-order valence-electron chi connectivity index (χ2n) is 7.23. The van der Waals surface area contributed by atoms with Gasteiger partial charge in [0.25, 0.3) is 0 Å². The van der Waals surface area contributed by atoms with Gasteiger partial charge in [-0.15, -0.1) is 0 Å². The van der Waals surface area contributed by atoms with Crippen molar-refractivity contribution in [2.45, 2.75) is 52.9 Å². The van der Waals surface area contributed by atoms with E-state index < -0.39 is 0 Å². The molecule has 4 heteroatoms. The van der Waals surface area contributed by atoms with E-state index in [2.05, 4.69) is 32.9 Å². The lowest BCUT2D eigenvalue weighted by Crippen LogP contribution is -2.40. The molecule has 132 valence electrons. The maximum absolute atomic E-state index is 12.4. The molecule has 1 aromatic rings. The molecule has 0 atom stereocenters. The minimum atomic E-state index is -0.0210. The molecular weight excluding hydrogens is 300 g/mol. The SMILES string of the molecule is CC(=O)N(CCC(=O)N1CCC(C)CC1)c1ccc(C(C)C)cc1. The van der Waals surface area contributed by atoms with Gasteiger partial charge in [-0.3, -0.25) is 9.59 Å². The van der Waals surface area contributed by atoms with Crippen molar-refractivity contribution in [1.29, 1.82) is 0 Å². The lowest BCUT2D eigenvalue weighted by Gasteiger charge is -2.31. The Hall–Kier alpha value is -1.84. The van der Waals surface area contributed by atoms with E-state index in [0.717, 1.165) is 31.6 Å². The van der Waals surface area contributed by atoms with Crippen LogP contribution in [0.4, 0.5) is 5.69 Å². The maximum Gasteiger partial charge on any atom is 0.224 e. The van der Waals surface area contributed by atoms with Crippen LogP contribution in [-0.2, 0) is 9.59 Å². The smallest absolute Gasteiger partial charge is 0.224 e. The van der Waals surface area contributed by atoms with Crippen LogP contribution in [0.5, 0.6) is 0 Å². The highest BCUT2D eigenvalue weighted by atomic mass is 16.2. The minimum Gasteiger partial charge on any atom is -0.343 e. The van der Waals surface area contributed by atoms with Crippen molar-refractivity contribution < 1.29 is 9.59 Å². The number of hydrogen-bond acceptors (Lipinski definition) is 2. The fourth-order valence-corrected chi connectivity index (χ4v) is 3.13. The topological polar surface area (TPSA) is 40.6 Å². The highest BCUT2D eigenvalue weighted by Crippen LogP contribution is 2.21. The third kappa shape index (κ3) is 4.83. The molecule has 1 aliphatic heterocycles. The lowest BCUT2D eigenvalue weighted by atomic mass is 9.99. The summed E-state index contributed by atoms with van der Waals surface area (Å²) in [5.74, 6) is 1.31. The summed E-state index contributed by atoms with van der Waals surface area (Å²) in [4.78, 5) is 28.0. The van der Waals surface area contributed by atoms with Crippen molar-refractivity contribution in [3.8, 4) is 0 Å². The van der Waals surface area contributed by atoms with Gasteiger partial charge in [-0.1, -0.05) is 32.9 Å². The fraction of sp³-hybridized carbons (Fsp3) is 0.600. The van der Waals surface area contributed by atoms with Gasteiger partial charge in [0.2, 0.25) is 11.8 Å². The molecule has 2 amide bonds. The number of piperidine rings is 1. The van der Waals surface area contributed by atoms with Gasteiger partial charge in [-0.25, -0.2) is 0 Å². The number of hydrogen-bond donors (Lipinski definition) is 0. The predicted octanol–water partition coefficient (Wildman–Crippen LogP) is 3.81. The fourth-order valence-electron chi connectivity index (χ4n) is 3.13. The predicted molar refractivity (Wildman–Crippen MR) is 98.2 cm³/mol. The van der Waals surface area contributed by atoms with Crippen molar-refractivity contribution in [1.82, 2.24) is 4.90 Å². The number of anilines is 1. The van der Waals surface area contributed by atoms with Gasteiger partial charge in [-0.05, 0) is 42.4 Å². The van der Waals surface area contributed by atoms with Gasteiger partial charge in [0.15, 0.2) is 0 Å². The molecule has 1 aliphatic rings. The summed E-state index contributed by atoms with van der Waals surface area (Å²) in [6.45, 7) is 10.2. The molecular formula is C20H30N2O2. The first-order valence-electron chi connectivity index (χ1n) is 9.04.